The van der Waals surface area contributed by atoms with Gasteiger partial charge in [-0.1, -0.05) is 0 Å². The second-order valence-electron chi connectivity index (χ2n) is 2.67. The van der Waals surface area contributed by atoms with Gasteiger partial charge in [-0.3, -0.25) is 9.35 Å². The predicted octanol–water partition coefficient (Wildman–Crippen LogP) is 0.406. The minimum absolute atomic E-state index is 0. The maximum atomic E-state index is 10.7. The molecule has 0 aliphatic heterocycles. The molecular weight excluding hydrogens is 215 g/mol. The molecule has 0 radical (unpaired) electrons. The Morgan fingerprint density at radius 1 is 1.29 bits per heavy atom. The molecule has 1 rings (SSSR count). The Bertz CT molecular complexity index is 439. The zero-order chi connectivity index (χ0) is 10.1. The summed E-state index contributed by atoms with van der Waals surface area (Å²) < 4.78 is 30.1. The predicted molar refractivity (Wildman–Crippen MR) is 53.5 cm³/mol. The molecule has 1 N–H and O–H groups in total. The van der Waals surface area contributed by atoms with Crippen LogP contribution < -0.4 is 0 Å². The van der Waals surface area contributed by atoms with Crippen molar-refractivity contribution in [1.82, 2.24) is 0 Å². The molecule has 0 heterocycles. The van der Waals surface area contributed by atoms with Gasteiger partial charge in [-0.25, -0.2) is 0 Å². The van der Waals surface area contributed by atoms with Gasteiger partial charge in [0.2, 0.25) is 0 Å². The van der Waals surface area contributed by atoms with E-state index in [-0.39, 0.29) is 40.0 Å². The number of benzene rings is 1. The van der Waals surface area contributed by atoms with Crippen LogP contribution in [0.25, 0.3) is 0 Å². The van der Waals surface area contributed by atoms with Crippen LogP contribution in [0.1, 0.15) is 15.9 Å². The SMILES string of the molecule is Cc1cc(C=O)cc(S(=O)(=O)O)c1.[NaH]. The van der Waals surface area contributed by atoms with E-state index in [1.165, 1.54) is 12.1 Å². The molecule has 0 aromatic heterocycles. The number of aryl methyl sites for hydroxylation is 1. The van der Waals surface area contributed by atoms with Crippen molar-refractivity contribution in [3.05, 3.63) is 29.3 Å². The second kappa shape index (κ2) is 5.04. The Morgan fingerprint density at radius 3 is 2.29 bits per heavy atom. The number of carbonyl (C=O) groups is 1. The minimum atomic E-state index is -4.22. The molecule has 0 saturated carbocycles. The van der Waals surface area contributed by atoms with Gasteiger partial charge in [-0.2, -0.15) is 8.42 Å². The molecule has 0 unspecified atom stereocenters. The van der Waals surface area contributed by atoms with E-state index in [2.05, 4.69) is 0 Å². The molecular formula is C8H9NaO4S. The maximum absolute atomic E-state index is 10.7. The van der Waals surface area contributed by atoms with Gasteiger partial charge in [-0.15, -0.1) is 0 Å². The molecule has 0 aliphatic carbocycles. The summed E-state index contributed by atoms with van der Waals surface area (Å²) in [4.78, 5) is 10.1. The van der Waals surface area contributed by atoms with Crippen LogP contribution in [0.4, 0.5) is 0 Å². The molecule has 0 spiro atoms. The van der Waals surface area contributed by atoms with E-state index in [4.69, 9.17) is 4.55 Å². The molecule has 6 heteroatoms. The van der Waals surface area contributed by atoms with Crippen LogP contribution in [0, 0.1) is 6.92 Å². The van der Waals surface area contributed by atoms with Crippen molar-refractivity contribution >= 4 is 46.0 Å². The standard InChI is InChI=1S/C8H8O4S.Na.H/c1-6-2-7(5-9)4-8(3-6)13(10,11)12;;/h2-5H,1H3,(H,10,11,12);;. The summed E-state index contributed by atoms with van der Waals surface area (Å²) in [5.74, 6) is 0. The third-order valence-electron chi connectivity index (χ3n) is 1.51. The van der Waals surface area contributed by atoms with E-state index in [0.717, 1.165) is 6.07 Å². The van der Waals surface area contributed by atoms with Gasteiger partial charge in [0, 0.05) is 5.56 Å². The summed E-state index contributed by atoms with van der Waals surface area (Å²) in [6.07, 6.45) is 0.529. The normalized spacial score (nSPS) is 10.4. The molecule has 1 aromatic carbocycles. The quantitative estimate of drug-likeness (QED) is 0.448. The summed E-state index contributed by atoms with van der Waals surface area (Å²) in [5, 5.41) is 0. The number of aldehydes is 1. The third-order valence-corrected chi connectivity index (χ3v) is 2.34. The van der Waals surface area contributed by atoms with Gasteiger partial charge in [0.15, 0.2) is 0 Å². The Morgan fingerprint density at radius 2 is 1.86 bits per heavy atom. The first-order valence-electron chi connectivity index (χ1n) is 3.48. The van der Waals surface area contributed by atoms with E-state index >= 15 is 0 Å². The summed E-state index contributed by atoms with van der Waals surface area (Å²) in [7, 11) is -4.22. The average molecular weight is 224 g/mol. The molecule has 0 aliphatic rings. The van der Waals surface area contributed by atoms with E-state index in [9.17, 15) is 13.2 Å². The topological polar surface area (TPSA) is 71.4 Å². The van der Waals surface area contributed by atoms with Crippen molar-refractivity contribution in [2.75, 3.05) is 0 Å². The van der Waals surface area contributed by atoms with Crippen LogP contribution in [0.3, 0.4) is 0 Å². The van der Waals surface area contributed by atoms with Crippen molar-refractivity contribution < 1.29 is 17.8 Å². The van der Waals surface area contributed by atoms with Crippen molar-refractivity contribution in [3.63, 3.8) is 0 Å². The molecule has 0 amide bonds. The number of carbonyl (C=O) groups excluding carboxylic acids is 1. The molecule has 72 valence electrons. The zero-order valence-electron chi connectivity index (χ0n) is 6.89. The van der Waals surface area contributed by atoms with Gasteiger partial charge >= 0.3 is 29.6 Å². The zero-order valence-corrected chi connectivity index (χ0v) is 7.71. The fourth-order valence-electron chi connectivity index (χ4n) is 0.994. The van der Waals surface area contributed by atoms with Crippen molar-refractivity contribution in [2.45, 2.75) is 11.8 Å². The summed E-state index contributed by atoms with van der Waals surface area (Å²) >= 11 is 0. The first kappa shape index (κ1) is 13.8. The molecule has 0 saturated heterocycles. The Hall–Kier alpha value is -0.200. The van der Waals surface area contributed by atoms with Gasteiger partial charge in [0.1, 0.15) is 6.29 Å². The van der Waals surface area contributed by atoms with Crippen molar-refractivity contribution in [3.8, 4) is 0 Å². The van der Waals surface area contributed by atoms with E-state index < -0.39 is 10.1 Å². The van der Waals surface area contributed by atoms with Crippen LogP contribution in [-0.4, -0.2) is 48.8 Å². The van der Waals surface area contributed by atoms with E-state index in [0.29, 0.717) is 11.8 Å². The summed E-state index contributed by atoms with van der Waals surface area (Å²) in [6.45, 7) is 1.64. The molecule has 4 nitrogen and oxygen atoms in total. The third kappa shape index (κ3) is 3.51. The van der Waals surface area contributed by atoms with Gasteiger partial charge < -0.3 is 0 Å². The molecule has 0 bridgehead atoms. The summed E-state index contributed by atoms with van der Waals surface area (Å²) in [6, 6.07) is 3.94. The Labute approximate surface area is 104 Å². The van der Waals surface area contributed by atoms with E-state index in [1.807, 2.05) is 0 Å². The van der Waals surface area contributed by atoms with Gasteiger partial charge in [0.25, 0.3) is 10.1 Å². The monoisotopic (exact) mass is 224 g/mol. The first-order valence-corrected chi connectivity index (χ1v) is 4.92. The Balaban J connectivity index is 0.00000169. The van der Waals surface area contributed by atoms with Crippen LogP contribution in [-0.2, 0) is 10.1 Å². The molecule has 14 heavy (non-hydrogen) atoms. The van der Waals surface area contributed by atoms with E-state index in [1.54, 1.807) is 6.92 Å². The average Bonchev–Trinajstić information content (AvgIpc) is 2.01. The number of hydrogen-bond donors (Lipinski definition) is 1. The number of hydrogen-bond acceptors (Lipinski definition) is 3. The van der Waals surface area contributed by atoms with Crippen molar-refractivity contribution in [1.29, 1.82) is 0 Å². The first-order chi connectivity index (χ1) is 5.93. The van der Waals surface area contributed by atoms with Gasteiger partial charge in [0.05, 0.1) is 4.90 Å². The van der Waals surface area contributed by atoms with Gasteiger partial charge in [-0.05, 0) is 30.7 Å². The molecule has 0 fully saturated rings. The molecule has 1 aromatic rings. The van der Waals surface area contributed by atoms with Crippen LogP contribution >= 0.6 is 0 Å². The van der Waals surface area contributed by atoms with Crippen LogP contribution in [0.2, 0.25) is 0 Å². The molecule has 0 atom stereocenters. The van der Waals surface area contributed by atoms with Crippen molar-refractivity contribution in [2.24, 2.45) is 0 Å². The van der Waals surface area contributed by atoms with Crippen LogP contribution in [0.5, 0.6) is 0 Å². The fourth-order valence-corrected chi connectivity index (χ4v) is 1.61. The number of rotatable bonds is 2. The van der Waals surface area contributed by atoms with Crippen LogP contribution in [0.15, 0.2) is 23.1 Å². The summed E-state index contributed by atoms with van der Waals surface area (Å²) in [5.41, 5.74) is 0.838. The second-order valence-corrected chi connectivity index (χ2v) is 4.09. The Kier molecular flexibility index (Phi) is 4.97. The fraction of sp³-hybridized carbons (Fsp3) is 0.125.